The molecule has 3 nitrogen and oxygen atoms in total. The van der Waals surface area contributed by atoms with Gasteiger partial charge in [0, 0.05) is 17.0 Å². The molecule has 2 aromatic rings. The van der Waals surface area contributed by atoms with Gasteiger partial charge >= 0.3 is 0 Å². The van der Waals surface area contributed by atoms with E-state index >= 15 is 0 Å². The number of carbonyl (C=O) groups excluding carboxylic acids is 2. The van der Waals surface area contributed by atoms with Gasteiger partial charge in [-0.2, -0.15) is 0 Å². The van der Waals surface area contributed by atoms with Gasteiger partial charge in [-0.15, -0.1) is 0 Å². The van der Waals surface area contributed by atoms with Gasteiger partial charge in [0.2, 0.25) is 0 Å². The monoisotopic (exact) mass is 392 g/mol. The lowest BCUT2D eigenvalue weighted by atomic mass is 9.95. The van der Waals surface area contributed by atoms with Crippen molar-refractivity contribution >= 4 is 22.7 Å². The van der Waals surface area contributed by atoms with Crippen LogP contribution in [0.25, 0.3) is 11.1 Å². The smallest absolute Gasteiger partial charge is 0.193 e. The molecule has 0 atom stereocenters. The molecule has 0 radical (unpaired) electrons. The Morgan fingerprint density at radius 1 is 0.759 bits per heavy atom. The fourth-order valence-electron chi connectivity index (χ4n) is 2.51. The van der Waals surface area contributed by atoms with Crippen molar-refractivity contribution in [1.82, 2.24) is 0 Å². The fraction of sp³-hybridized carbons (Fsp3) is 0.308. The Bertz CT molecular complexity index is 877. The van der Waals surface area contributed by atoms with E-state index in [2.05, 4.69) is 13.2 Å². The predicted molar refractivity (Wildman–Crippen MR) is 122 cm³/mol. The van der Waals surface area contributed by atoms with Crippen molar-refractivity contribution in [2.75, 3.05) is 0 Å². The molecule has 0 heterocycles. The third-order valence-corrected chi connectivity index (χ3v) is 4.38. The van der Waals surface area contributed by atoms with Crippen LogP contribution >= 0.6 is 0 Å². The topological polar surface area (TPSA) is 54.4 Å². The molecule has 0 aliphatic rings. The average Bonchev–Trinajstić information content (AvgIpc) is 2.66. The van der Waals surface area contributed by atoms with E-state index in [0.29, 0.717) is 5.56 Å². The van der Waals surface area contributed by atoms with Crippen molar-refractivity contribution < 1.29 is 14.7 Å². The van der Waals surface area contributed by atoms with Crippen molar-refractivity contribution in [1.29, 1.82) is 0 Å². The SMILES string of the molecule is C=C(C)c1ccc(C(=O)C(C)(C)O)cc1.C=C(C)c1ccc(C(=O)C(C)C)cc1. The maximum atomic E-state index is 11.7. The quantitative estimate of drug-likeness (QED) is 0.593. The number of ketones is 2. The van der Waals surface area contributed by atoms with Crippen LogP contribution in [0.15, 0.2) is 61.7 Å². The van der Waals surface area contributed by atoms with E-state index in [0.717, 1.165) is 27.8 Å². The van der Waals surface area contributed by atoms with Gasteiger partial charge in [0.1, 0.15) is 5.60 Å². The lowest BCUT2D eigenvalue weighted by Crippen LogP contribution is -2.30. The molecule has 0 amide bonds. The number of aliphatic hydroxyl groups is 1. The minimum Gasteiger partial charge on any atom is -0.382 e. The zero-order chi connectivity index (χ0) is 22.4. The fourth-order valence-corrected chi connectivity index (χ4v) is 2.51. The number of benzene rings is 2. The molecule has 0 aromatic heterocycles. The van der Waals surface area contributed by atoms with Crippen molar-refractivity contribution in [3.05, 3.63) is 83.9 Å². The van der Waals surface area contributed by atoms with Crippen LogP contribution in [0.4, 0.5) is 0 Å². The Kier molecular flexibility index (Phi) is 8.47. The summed E-state index contributed by atoms with van der Waals surface area (Å²) >= 11 is 0. The summed E-state index contributed by atoms with van der Waals surface area (Å²) in [6.07, 6.45) is 0. The van der Waals surface area contributed by atoms with Crippen molar-refractivity contribution in [3.63, 3.8) is 0 Å². The van der Waals surface area contributed by atoms with Gasteiger partial charge in [0.25, 0.3) is 0 Å². The Labute approximate surface area is 174 Å². The van der Waals surface area contributed by atoms with E-state index in [1.54, 1.807) is 12.1 Å². The summed E-state index contributed by atoms with van der Waals surface area (Å²) in [4.78, 5) is 23.3. The lowest BCUT2D eigenvalue weighted by Gasteiger charge is -2.15. The highest BCUT2D eigenvalue weighted by atomic mass is 16.3. The molecule has 0 saturated carbocycles. The summed E-state index contributed by atoms with van der Waals surface area (Å²) in [5, 5.41) is 9.55. The molecule has 29 heavy (non-hydrogen) atoms. The third-order valence-electron chi connectivity index (χ3n) is 4.38. The van der Waals surface area contributed by atoms with Gasteiger partial charge < -0.3 is 5.11 Å². The Morgan fingerprint density at radius 3 is 1.34 bits per heavy atom. The molecule has 0 fully saturated rings. The van der Waals surface area contributed by atoms with Crippen LogP contribution in [-0.2, 0) is 0 Å². The van der Waals surface area contributed by atoms with Gasteiger partial charge in [-0.25, -0.2) is 0 Å². The van der Waals surface area contributed by atoms with E-state index in [9.17, 15) is 14.7 Å². The first-order valence-corrected chi connectivity index (χ1v) is 9.68. The highest BCUT2D eigenvalue weighted by Gasteiger charge is 2.24. The molecule has 3 heteroatoms. The largest absolute Gasteiger partial charge is 0.382 e. The lowest BCUT2D eigenvalue weighted by molar-refractivity contribution is 0.0488. The molecule has 0 aliphatic carbocycles. The van der Waals surface area contributed by atoms with Crippen LogP contribution in [-0.4, -0.2) is 22.3 Å². The molecule has 154 valence electrons. The Hall–Kier alpha value is -2.78. The summed E-state index contributed by atoms with van der Waals surface area (Å²) in [5.74, 6) is -0.0142. The maximum Gasteiger partial charge on any atom is 0.193 e. The Balaban J connectivity index is 0.000000291. The van der Waals surface area contributed by atoms with E-state index in [-0.39, 0.29) is 17.5 Å². The molecule has 2 aromatic carbocycles. The highest BCUT2D eigenvalue weighted by molar-refractivity contribution is 6.01. The highest BCUT2D eigenvalue weighted by Crippen LogP contribution is 2.17. The van der Waals surface area contributed by atoms with Crippen LogP contribution < -0.4 is 0 Å². The van der Waals surface area contributed by atoms with Crippen molar-refractivity contribution in [3.8, 4) is 0 Å². The van der Waals surface area contributed by atoms with Gasteiger partial charge in [-0.05, 0) is 38.8 Å². The van der Waals surface area contributed by atoms with E-state index < -0.39 is 5.60 Å². The zero-order valence-corrected chi connectivity index (χ0v) is 18.4. The number of hydrogen-bond donors (Lipinski definition) is 1. The molecule has 0 saturated heterocycles. The second kappa shape index (κ2) is 10.1. The summed E-state index contributed by atoms with van der Waals surface area (Å²) in [7, 11) is 0. The number of hydrogen-bond acceptors (Lipinski definition) is 3. The maximum absolute atomic E-state index is 11.7. The summed E-state index contributed by atoms with van der Waals surface area (Å²) in [6, 6.07) is 14.7. The minimum atomic E-state index is -1.31. The summed E-state index contributed by atoms with van der Waals surface area (Å²) in [6.45, 7) is 18.3. The molecule has 0 bridgehead atoms. The first-order chi connectivity index (χ1) is 13.3. The molecule has 2 rings (SSSR count). The van der Waals surface area contributed by atoms with Crippen LogP contribution in [0.2, 0.25) is 0 Å². The molecule has 0 unspecified atom stereocenters. The van der Waals surface area contributed by atoms with Gasteiger partial charge in [-0.3, -0.25) is 9.59 Å². The number of Topliss-reactive ketones (excluding diaryl/α,β-unsaturated/α-hetero) is 2. The zero-order valence-electron chi connectivity index (χ0n) is 18.4. The van der Waals surface area contributed by atoms with Crippen LogP contribution in [0, 0.1) is 5.92 Å². The van der Waals surface area contributed by atoms with E-state index in [1.165, 1.54) is 13.8 Å². The van der Waals surface area contributed by atoms with Crippen LogP contribution in [0.5, 0.6) is 0 Å². The van der Waals surface area contributed by atoms with Crippen LogP contribution in [0.1, 0.15) is 73.4 Å². The van der Waals surface area contributed by atoms with E-state index in [4.69, 9.17) is 0 Å². The first kappa shape index (κ1) is 24.3. The third kappa shape index (κ3) is 7.28. The standard InChI is InChI=1S/C13H16O2.C13H16O/c1-9(2)10-5-7-11(8-6-10)12(14)13(3,4)15;1-9(2)11-5-7-12(8-6-11)13(14)10(3)4/h5-8,15H,1H2,2-4H3;5-8,10H,1H2,2-4H3. The summed E-state index contributed by atoms with van der Waals surface area (Å²) in [5.41, 5.74) is 4.06. The molecular weight excluding hydrogens is 360 g/mol. The molecule has 0 aliphatic heterocycles. The molecule has 0 spiro atoms. The normalized spacial score (nSPS) is 10.8. The second-order valence-corrected chi connectivity index (χ2v) is 8.12. The Morgan fingerprint density at radius 2 is 1.07 bits per heavy atom. The number of carbonyl (C=O) groups is 2. The van der Waals surface area contributed by atoms with E-state index in [1.807, 2.05) is 64.1 Å². The number of rotatable bonds is 6. The van der Waals surface area contributed by atoms with Crippen molar-refractivity contribution in [2.24, 2.45) is 5.92 Å². The summed E-state index contributed by atoms with van der Waals surface area (Å²) < 4.78 is 0. The van der Waals surface area contributed by atoms with Crippen LogP contribution in [0.3, 0.4) is 0 Å². The number of allylic oxidation sites excluding steroid dienone is 2. The van der Waals surface area contributed by atoms with Gasteiger partial charge in [-0.1, -0.05) is 86.7 Å². The average molecular weight is 393 g/mol. The molecule has 1 N–H and O–H groups in total. The second-order valence-electron chi connectivity index (χ2n) is 8.12. The van der Waals surface area contributed by atoms with Gasteiger partial charge in [0.05, 0.1) is 0 Å². The predicted octanol–water partition coefficient (Wildman–Crippen LogP) is 6.23. The first-order valence-electron chi connectivity index (χ1n) is 9.68. The minimum absolute atomic E-state index is 0.0608. The molecular formula is C26H32O3. The van der Waals surface area contributed by atoms with Gasteiger partial charge in [0.15, 0.2) is 11.6 Å². The van der Waals surface area contributed by atoms with Crippen molar-refractivity contribution in [2.45, 2.75) is 47.1 Å².